The van der Waals surface area contributed by atoms with Crippen molar-refractivity contribution in [2.75, 3.05) is 38.4 Å². The number of esters is 1. The van der Waals surface area contributed by atoms with Gasteiger partial charge in [-0.3, -0.25) is 4.79 Å². The Kier molecular flexibility index (Phi) is 4.52. The number of carbonyl (C=O) groups excluding carboxylic acids is 2. The zero-order valence-corrected chi connectivity index (χ0v) is 13.5. The van der Waals surface area contributed by atoms with Crippen molar-refractivity contribution >= 4 is 27.6 Å². The van der Waals surface area contributed by atoms with Crippen LogP contribution in [0.25, 0.3) is 0 Å². The Morgan fingerprint density at radius 2 is 1.86 bits per heavy atom. The zero-order chi connectivity index (χ0) is 16.5. The van der Waals surface area contributed by atoms with Gasteiger partial charge >= 0.3 is 5.97 Å². The third-order valence-corrected chi connectivity index (χ3v) is 4.90. The highest BCUT2D eigenvalue weighted by Crippen LogP contribution is 2.26. The van der Waals surface area contributed by atoms with E-state index < -0.39 is 21.9 Å². The molecule has 2 rings (SSSR count). The monoisotopic (exact) mass is 326 g/mol. The van der Waals surface area contributed by atoms with Gasteiger partial charge in [-0.2, -0.15) is 0 Å². The quantitative estimate of drug-likeness (QED) is 0.745. The highest BCUT2D eigenvalue weighted by molar-refractivity contribution is 7.88. The number of para-hydroxylation sites is 1. The van der Waals surface area contributed by atoms with Crippen LogP contribution in [0.1, 0.15) is 10.4 Å². The number of amides is 1. The number of anilines is 1. The fraction of sp³-hybridized carbons (Fsp3) is 0.429. The molecule has 1 amide bonds. The first-order chi connectivity index (χ1) is 10.3. The van der Waals surface area contributed by atoms with Gasteiger partial charge in [-0.1, -0.05) is 12.1 Å². The highest BCUT2D eigenvalue weighted by Gasteiger charge is 2.39. The molecule has 1 aliphatic rings. The third kappa shape index (κ3) is 3.12. The molecule has 22 heavy (non-hydrogen) atoms. The minimum atomic E-state index is -3.26. The van der Waals surface area contributed by atoms with Crippen LogP contribution < -0.4 is 4.90 Å². The fourth-order valence-electron chi connectivity index (χ4n) is 2.31. The van der Waals surface area contributed by atoms with Crippen LogP contribution in [0.4, 0.5) is 5.69 Å². The second-order valence-corrected chi connectivity index (χ2v) is 7.17. The molecule has 8 heteroatoms. The summed E-state index contributed by atoms with van der Waals surface area (Å²) >= 11 is 0. The minimum absolute atomic E-state index is 0.169. The van der Waals surface area contributed by atoms with Crippen LogP contribution in [0.15, 0.2) is 24.3 Å². The van der Waals surface area contributed by atoms with Crippen molar-refractivity contribution in [3.63, 3.8) is 0 Å². The largest absolute Gasteiger partial charge is 0.465 e. The Morgan fingerprint density at radius 3 is 2.41 bits per heavy atom. The summed E-state index contributed by atoms with van der Waals surface area (Å²) in [5, 5.41) is 0. The number of nitrogens with zero attached hydrogens (tertiary/aromatic N) is 2. The van der Waals surface area contributed by atoms with Gasteiger partial charge in [0.15, 0.2) is 0 Å². The molecule has 0 aromatic heterocycles. The summed E-state index contributed by atoms with van der Waals surface area (Å²) in [6, 6.07) is 6.63. The van der Waals surface area contributed by atoms with Crippen LogP contribution in [-0.2, 0) is 19.6 Å². The van der Waals surface area contributed by atoms with Gasteiger partial charge in [-0.25, -0.2) is 17.5 Å². The maximum atomic E-state index is 12.4. The Balaban J connectivity index is 2.15. The number of hydrogen-bond acceptors (Lipinski definition) is 5. The van der Waals surface area contributed by atoms with Crippen LogP contribution in [0, 0.1) is 5.92 Å². The Labute approximate surface area is 129 Å². The van der Waals surface area contributed by atoms with E-state index in [1.807, 2.05) is 0 Å². The second kappa shape index (κ2) is 6.05. The van der Waals surface area contributed by atoms with Crippen molar-refractivity contribution < 1.29 is 22.7 Å². The second-order valence-electron chi connectivity index (χ2n) is 5.18. The average molecular weight is 326 g/mol. The Bertz CT molecular complexity index is 695. The standard InChI is InChI=1S/C14H18N2O5S/c1-15(12-7-5-4-6-11(12)14(18)21-2)13(17)10-8-16(9-10)22(3,19)20/h4-7,10H,8-9H2,1-3H3. The van der Waals surface area contributed by atoms with E-state index in [1.165, 1.54) is 16.3 Å². The first-order valence-electron chi connectivity index (χ1n) is 6.65. The molecule has 1 fully saturated rings. The topological polar surface area (TPSA) is 84.0 Å². The lowest BCUT2D eigenvalue weighted by Gasteiger charge is -2.38. The summed E-state index contributed by atoms with van der Waals surface area (Å²) in [5.74, 6) is -1.15. The van der Waals surface area contributed by atoms with E-state index in [9.17, 15) is 18.0 Å². The van der Waals surface area contributed by atoms with Crippen LogP contribution in [-0.4, -0.2) is 58.1 Å². The molecule has 1 heterocycles. The van der Waals surface area contributed by atoms with Crippen LogP contribution in [0.2, 0.25) is 0 Å². The molecule has 0 spiro atoms. The maximum Gasteiger partial charge on any atom is 0.339 e. The summed E-state index contributed by atoms with van der Waals surface area (Å²) in [7, 11) is -0.423. The molecule has 0 radical (unpaired) electrons. The lowest BCUT2D eigenvalue weighted by Crippen LogP contribution is -2.55. The first kappa shape index (κ1) is 16.4. The van der Waals surface area contributed by atoms with Gasteiger partial charge in [0.05, 0.1) is 30.5 Å². The van der Waals surface area contributed by atoms with Crippen LogP contribution >= 0.6 is 0 Å². The van der Waals surface area contributed by atoms with Gasteiger partial charge in [0.25, 0.3) is 0 Å². The van der Waals surface area contributed by atoms with Gasteiger partial charge in [0.1, 0.15) is 0 Å². The number of benzene rings is 1. The van der Waals surface area contributed by atoms with Gasteiger partial charge in [0, 0.05) is 20.1 Å². The maximum absolute atomic E-state index is 12.4. The van der Waals surface area contributed by atoms with Crippen molar-refractivity contribution in [2.24, 2.45) is 5.92 Å². The van der Waals surface area contributed by atoms with Crippen molar-refractivity contribution in [3.05, 3.63) is 29.8 Å². The third-order valence-electron chi connectivity index (χ3n) is 3.67. The predicted octanol–water partition coefficient (Wildman–Crippen LogP) is 0.327. The number of carbonyl (C=O) groups is 2. The molecule has 1 saturated heterocycles. The van der Waals surface area contributed by atoms with Crippen molar-refractivity contribution in [3.8, 4) is 0 Å². The summed E-state index contributed by atoms with van der Waals surface area (Å²) in [4.78, 5) is 25.5. The molecule has 0 aliphatic carbocycles. The van der Waals surface area contributed by atoms with E-state index >= 15 is 0 Å². The van der Waals surface area contributed by atoms with E-state index in [1.54, 1.807) is 31.3 Å². The molecule has 0 bridgehead atoms. The number of ether oxygens (including phenoxy) is 1. The Morgan fingerprint density at radius 1 is 1.27 bits per heavy atom. The van der Waals surface area contributed by atoms with E-state index in [0.717, 1.165) is 6.26 Å². The van der Waals surface area contributed by atoms with E-state index in [0.29, 0.717) is 11.3 Å². The average Bonchev–Trinajstić information content (AvgIpc) is 2.42. The van der Waals surface area contributed by atoms with E-state index in [-0.39, 0.29) is 19.0 Å². The molecule has 1 aromatic rings. The summed E-state index contributed by atoms with van der Waals surface area (Å²) in [6.45, 7) is 0.338. The van der Waals surface area contributed by atoms with E-state index in [4.69, 9.17) is 4.74 Å². The summed E-state index contributed by atoms with van der Waals surface area (Å²) in [5.41, 5.74) is 0.734. The lowest BCUT2D eigenvalue weighted by molar-refractivity contribution is -0.125. The fourth-order valence-corrected chi connectivity index (χ4v) is 3.21. The number of hydrogen-bond donors (Lipinski definition) is 0. The van der Waals surface area contributed by atoms with Gasteiger partial charge in [0.2, 0.25) is 15.9 Å². The summed E-state index contributed by atoms with van der Waals surface area (Å²) in [6.07, 6.45) is 1.12. The highest BCUT2D eigenvalue weighted by atomic mass is 32.2. The van der Waals surface area contributed by atoms with Crippen molar-refractivity contribution in [1.29, 1.82) is 0 Å². The molecule has 7 nitrogen and oxygen atoms in total. The molecule has 0 N–H and O–H groups in total. The first-order valence-corrected chi connectivity index (χ1v) is 8.50. The molecular formula is C14H18N2O5S. The number of sulfonamides is 1. The van der Waals surface area contributed by atoms with Gasteiger partial charge in [-0.15, -0.1) is 0 Å². The minimum Gasteiger partial charge on any atom is -0.465 e. The predicted molar refractivity (Wildman–Crippen MR) is 81.1 cm³/mol. The zero-order valence-electron chi connectivity index (χ0n) is 12.6. The molecule has 1 aromatic carbocycles. The van der Waals surface area contributed by atoms with Gasteiger partial charge in [-0.05, 0) is 12.1 Å². The lowest BCUT2D eigenvalue weighted by atomic mass is 10.0. The van der Waals surface area contributed by atoms with Crippen LogP contribution in [0.5, 0.6) is 0 Å². The SMILES string of the molecule is COC(=O)c1ccccc1N(C)C(=O)C1CN(S(C)(=O)=O)C1. The van der Waals surface area contributed by atoms with Crippen molar-refractivity contribution in [1.82, 2.24) is 4.31 Å². The normalized spacial score (nSPS) is 16.0. The van der Waals surface area contributed by atoms with Gasteiger partial charge < -0.3 is 9.64 Å². The molecule has 0 atom stereocenters. The molecule has 120 valence electrons. The number of rotatable bonds is 4. The van der Waals surface area contributed by atoms with Crippen molar-refractivity contribution in [2.45, 2.75) is 0 Å². The van der Waals surface area contributed by atoms with Crippen LogP contribution in [0.3, 0.4) is 0 Å². The Hall–Kier alpha value is -1.93. The molecule has 1 aliphatic heterocycles. The molecule has 0 unspecified atom stereocenters. The number of methoxy groups -OCH3 is 1. The van der Waals surface area contributed by atoms with E-state index in [2.05, 4.69) is 0 Å². The molecule has 0 saturated carbocycles. The molecular weight excluding hydrogens is 308 g/mol. The summed E-state index contributed by atoms with van der Waals surface area (Å²) < 4.78 is 28.6. The smallest absolute Gasteiger partial charge is 0.339 e.